The fourth-order valence-electron chi connectivity index (χ4n) is 3.21. The van der Waals surface area contributed by atoms with Crippen molar-refractivity contribution in [3.05, 3.63) is 29.3 Å². The number of amides is 2. The Morgan fingerprint density at radius 1 is 1.32 bits per heavy atom. The highest BCUT2D eigenvalue weighted by molar-refractivity contribution is 6.30. The minimum absolute atomic E-state index is 0.0756. The summed E-state index contributed by atoms with van der Waals surface area (Å²) >= 11 is 5.93. The highest BCUT2D eigenvalue weighted by atomic mass is 35.5. The third-order valence-corrected chi connectivity index (χ3v) is 4.72. The summed E-state index contributed by atoms with van der Waals surface area (Å²) in [5, 5.41) is 0.608. The molecule has 0 spiro atoms. The van der Waals surface area contributed by atoms with Gasteiger partial charge in [0.2, 0.25) is 5.91 Å². The van der Waals surface area contributed by atoms with Gasteiger partial charge in [0.15, 0.2) is 0 Å². The average Bonchev–Trinajstić information content (AvgIpc) is 2.60. The van der Waals surface area contributed by atoms with Gasteiger partial charge in [-0.25, -0.2) is 4.79 Å². The van der Waals surface area contributed by atoms with Crippen LogP contribution in [-0.4, -0.2) is 60.7 Å². The van der Waals surface area contributed by atoms with Gasteiger partial charge in [0, 0.05) is 31.7 Å². The third kappa shape index (κ3) is 7.58. The van der Waals surface area contributed by atoms with Crippen molar-refractivity contribution in [2.24, 2.45) is 5.92 Å². The second-order valence-electron chi connectivity index (χ2n) is 8.26. The lowest BCUT2D eigenvalue weighted by atomic mass is 9.97. The second kappa shape index (κ2) is 10.0. The molecular formula is C21H31ClN2O4. The Morgan fingerprint density at radius 3 is 2.75 bits per heavy atom. The van der Waals surface area contributed by atoms with Gasteiger partial charge >= 0.3 is 6.09 Å². The molecule has 1 heterocycles. The number of likely N-dealkylation sites (tertiary alicyclic amines) is 1. The fraction of sp³-hybridized carbons (Fsp3) is 0.619. The molecule has 1 saturated heterocycles. The lowest BCUT2D eigenvalue weighted by molar-refractivity contribution is -0.133. The maximum Gasteiger partial charge on any atom is 0.410 e. The predicted molar refractivity (Wildman–Crippen MR) is 110 cm³/mol. The molecular weight excluding hydrogens is 380 g/mol. The van der Waals surface area contributed by atoms with Crippen LogP contribution in [0.4, 0.5) is 4.79 Å². The molecule has 0 bridgehead atoms. The van der Waals surface area contributed by atoms with Crippen molar-refractivity contribution in [2.75, 3.05) is 33.3 Å². The number of piperidine rings is 1. The predicted octanol–water partition coefficient (Wildman–Crippen LogP) is 4.21. The summed E-state index contributed by atoms with van der Waals surface area (Å²) in [5.41, 5.74) is -0.511. The van der Waals surface area contributed by atoms with Crippen molar-refractivity contribution in [1.82, 2.24) is 9.80 Å². The molecule has 1 aliphatic heterocycles. The number of halogens is 1. The summed E-state index contributed by atoms with van der Waals surface area (Å²) in [6.45, 7) is 7.86. The van der Waals surface area contributed by atoms with Crippen LogP contribution in [-0.2, 0) is 9.53 Å². The van der Waals surface area contributed by atoms with Crippen molar-refractivity contribution in [2.45, 2.75) is 45.6 Å². The highest BCUT2D eigenvalue weighted by Gasteiger charge is 2.27. The Morgan fingerprint density at radius 2 is 2.07 bits per heavy atom. The number of benzene rings is 1. The molecule has 0 radical (unpaired) electrons. The van der Waals surface area contributed by atoms with E-state index in [0.29, 0.717) is 36.9 Å². The fourth-order valence-corrected chi connectivity index (χ4v) is 3.39. The van der Waals surface area contributed by atoms with Crippen molar-refractivity contribution in [3.8, 4) is 5.75 Å². The van der Waals surface area contributed by atoms with Gasteiger partial charge in [-0.3, -0.25) is 4.79 Å². The number of nitrogens with zero attached hydrogens (tertiary/aromatic N) is 2. The number of carbonyl (C=O) groups excluding carboxylic acids is 2. The van der Waals surface area contributed by atoms with Crippen LogP contribution in [0.15, 0.2) is 24.3 Å². The second-order valence-corrected chi connectivity index (χ2v) is 8.70. The SMILES string of the molecule is CN(CC1CCCN(C(=O)CCOc2cccc(Cl)c2)C1)C(=O)OC(C)(C)C. The Bertz CT molecular complexity index is 675. The lowest BCUT2D eigenvalue weighted by Gasteiger charge is -2.35. The first-order chi connectivity index (χ1) is 13.1. The van der Waals surface area contributed by atoms with E-state index in [0.717, 1.165) is 19.4 Å². The zero-order valence-corrected chi connectivity index (χ0v) is 18.0. The van der Waals surface area contributed by atoms with Gasteiger partial charge < -0.3 is 19.3 Å². The van der Waals surface area contributed by atoms with Crippen LogP contribution in [0.5, 0.6) is 5.75 Å². The standard InChI is InChI=1S/C21H31ClN2O4/c1-21(2,3)28-20(26)23(4)14-16-7-6-11-24(15-16)19(25)10-12-27-18-9-5-8-17(22)13-18/h5,8-9,13,16H,6-7,10-12,14-15H2,1-4H3. The van der Waals surface area contributed by atoms with Crippen LogP contribution >= 0.6 is 11.6 Å². The summed E-state index contributed by atoms with van der Waals surface area (Å²) in [6.07, 6.45) is 1.93. The molecule has 2 rings (SSSR count). The van der Waals surface area contributed by atoms with Crippen molar-refractivity contribution in [1.29, 1.82) is 0 Å². The van der Waals surface area contributed by atoms with E-state index in [2.05, 4.69) is 0 Å². The molecule has 1 aromatic carbocycles. The van der Waals surface area contributed by atoms with E-state index in [-0.39, 0.29) is 17.9 Å². The topological polar surface area (TPSA) is 59.1 Å². The number of hydrogen-bond donors (Lipinski definition) is 0. The van der Waals surface area contributed by atoms with Crippen LogP contribution < -0.4 is 4.74 Å². The largest absolute Gasteiger partial charge is 0.493 e. The molecule has 0 saturated carbocycles. The summed E-state index contributed by atoms with van der Waals surface area (Å²) < 4.78 is 11.0. The zero-order chi connectivity index (χ0) is 20.7. The third-order valence-electron chi connectivity index (χ3n) is 4.49. The molecule has 1 fully saturated rings. The molecule has 0 N–H and O–H groups in total. The monoisotopic (exact) mass is 410 g/mol. The van der Waals surface area contributed by atoms with E-state index in [9.17, 15) is 9.59 Å². The van der Waals surface area contributed by atoms with E-state index < -0.39 is 5.60 Å². The van der Waals surface area contributed by atoms with E-state index in [1.54, 1.807) is 24.1 Å². The summed E-state index contributed by atoms with van der Waals surface area (Å²) in [7, 11) is 1.74. The molecule has 6 nitrogen and oxygen atoms in total. The van der Waals surface area contributed by atoms with Gasteiger partial charge in [0.1, 0.15) is 11.4 Å². The van der Waals surface area contributed by atoms with Crippen LogP contribution in [0.3, 0.4) is 0 Å². The van der Waals surface area contributed by atoms with Gasteiger partial charge in [-0.1, -0.05) is 17.7 Å². The number of hydrogen-bond acceptors (Lipinski definition) is 4. The Balaban J connectivity index is 1.76. The van der Waals surface area contributed by atoms with Crippen LogP contribution in [0.1, 0.15) is 40.0 Å². The molecule has 1 unspecified atom stereocenters. The molecule has 28 heavy (non-hydrogen) atoms. The van der Waals surface area contributed by atoms with Gasteiger partial charge in [-0.15, -0.1) is 0 Å². The Hall–Kier alpha value is -1.95. The number of ether oxygens (including phenoxy) is 2. The van der Waals surface area contributed by atoms with E-state index >= 15 is 0 Å². The van der Waals surface area contributed by atoms with Crippen LogP contribution in [0.2, 0.25) is 5.02 Å². The first kappa shape index (κ1) is 22.3. The number of rotatable bonds is 6. The Labute approximate surface area is 172 Å². The normalized spacial score (nSPS) is 17.2. The maximum absolute atomic E-state index is 12.5. The van der Waals surface area contributed by atoms with Crippen molar-refractivity contribution < 1.29 is 19.1 Å². The number of carbonyl (C=O) groups is 2. The van der Waals surface area contributed by atoms with E-state index in [1.165, 1.54) is 0 Å². The van der Waals surface area contributed by atoms with Crippen LogP contribution in [0.25, 0.3) is 0 Å². The minimum Gasteiger partial charge on any atom is -0.493 e. The van der Waals surface area contributed by atoms with E-state index in [4.69, 9.17) is 21.1 Å². The highest BCUT2D eigenvalue weighted by Crippen LogP contribution is 2.20. The molecule has 0 aliphatic carbocycles. The van der Waals surface area contributed by atoms with Crippen LogP contribution in [0, 0.1) is 5.92 Å². The lowest BCUT2D eigenvalue weighted by Crippen LogP contribution is -2.45. The summed E-state index contributed by atoms with van der Waals surface area (Å²) in [5.74, 6) is 0.992. The quantitative estimate of drug-likeness (QED) is 0.704. The Kier molecular flexibility index (Phi) is 7.98. The smallest absolute Gasteiger partial charge is 0.410 e. The van der Waals surface area contributed by atoms with Gasteiger partial charge in [-0.05, 0) is 57.7 Å². The first-order valence-electron chi connectivity index (χ1n) is 9.74. The van der Waals surface area contributed by atoms with Gasteiger partial charge in [-0.2, -0.15) is 0 Å². The summed E-state index contributed by atoms with van der Waals surface area (Å²) in [4.78, 5) is 28.1. The first-order valence-corrected chi connectivity index (χ1v) is 10.1. The molecule has 1 atom stereocenters. The zero-order valence-electron chi connectivity index (χ0n) is 17.2. The van der Waals surface area contributed by atoms with Gasteiger partial charge in [0.05, 0.1) is 13.0 Å². The minimum atomic E-state index is -0.511. The molecule has 7 heteroatoms. The van der Waals surface area contributed by atoms with Gasteiger partial charge in [0.25, 0.3) is 0 Å². The summed E-state index contributed by atoms with van der Waals surface area (Å²) in [6, 6.07) is 7.15. The van der Waals surface area contributed by atoms with E-state index in [1.807, 2.05) is 37.8 Å². The molecule has 1 aromatic rings. The van der Waals surface area contributed by atoms with Crippen molar-refractivity contribution in [3.63, 3.8) is 0 Å². The maximum atomic E-state index is 12.5. The molecule has 0 aromatic heterocycles. The van der Waals surface area contributed by atoms with Crippen molar-refractivity contribution >= 4 is 23.6 Å². The average molecular weight is 411 g/mol. The molecule has 1 aliphatic rings. The molecule has 156 valence electrons. The molecule has 2 amide bonds.